The van der Waals surface area contributed by atoms with Gasteiger partial charge in [0.2, 0.25) is 0 Å². The van der Waals surface area contributed by atoms with Crippen LogP contribution in [0.3, 0.4) is 0 Å². The molecule has 1 saturated heterocycles. The molecule has 0 aromatic heterocycles. The van der Waals surface area contributed by atoms with Crippen molar-refractivity contribution in [3.63, 3.8) is 0 Å². The maximum atomic E-state index is 11.9. The number of hydrogen-bond donors (Lipinski definition) is 1. The zero-order chi connectivity index (χ0) is 12.5. The van der Waals surface area contributed by atoms with Crippen molar-refractivity contribution in [1.29, 1.82) is 0 Å². The summed E-state index contributed by atoms with van der Waals surface area (Å²) in [5.41, 5.74) is 0. The summed E-state index contributed by atoms with van der Waals surface area (Å²) in [7, 11) is 1.68. The van der Waals surface area contributed by atoms with E-state index in [0.717, 1.165) is 38.9 Å². The molecular weight excluding hydrogens is 220 g/mol. The number of methoxy groups -OCH3 is 1. The average molecular weight is 244 g/mol. The molecule has 0 aromatic carbocycles. The van der Waals surface area contributed by atoms with Crippen molar-refractivity contribution in [3.8, 4) is 0 Å². The molecule has 0 aromatic rings. The molecule has 0 saturated carbocycles. The predicted molar refractivity (Wildman–Crippen MR) is 66.1 cm³/mol. The highest BCUT2D eigenvalue weighted by Crippen LogP contribution is 2.09. The van der Waals surface area contributed by atoms with E-state index in [1.165, 1.54) is 0 Å². The molecule has 0 radical (unpaired) electrons. The summed E-state index contributed by atoms with van der Waals surface area (Å²) >= 11 is 0. The van der Waals surface area contributed by atoms with Gasteiger partial charge in [0, 0.05) is 39.4 Å². The Morgan fingerprint density at radius 2 is 2.29 bits per heavy atom. The Morgan fingerprint density at radius 1 is 1.47 bits per heavy atom. The van der Waals surface area contributed by atoms with Gasteiger partial charge >= 0.3 is 6.09 Å². The van der Waals surface area contributed by atoms with E-state index in [4.69, 9.17) is 9.47 Å². The van der Waals surface area contributed by atoms with Crippen molar-refractivity contribution in [1.82, 2.24) is 10.2 Å². The first-order valence-corrected chi connectivity index (χ1v) is 6.42. The van der Waals surface area contributed by atoms with Gasteiger partial charge in [-0.05, 0) is 12.8 Å². The van der Waals surface area contributed by atoms with Crippen LogP contribution in [-0.2, 0) is 9.47 Å². The Kier molecular flexibility index (Phi) is 6.96. The van der Waals surface area contributed by atoms with Gasteiger partial charge in [-0.3, -0.25) is 0 Å². The van der Waals surface area contributed by atoms with E-state index in [-0.39, 0.29) is 12.1 Å². The lowest BCUT2D eigenvalue weighted by atomic mass is 10.1. The van der Waals surface area contributed by atoms with Gasteiger partial charge in [0.05, 0.1) is 6.61 Å². The SMILES string of the molecule is CCCCOC(=O)N1CCNC[C@@H]1CCOC. The van der Waals surface area contributed by atoms with Crippen molar-refractivity contribution < 1.29 is 14.3 Å². The Morgan fingerprint density at radius 3 is 3.00 bits per heavy atom. The lowest BCUT2D eigenvalue weighted by molar-refractivity contribution is 0.0658. The maximum Gasteiger partial charge on any atom is 0.410 e. The Balaban J connectivity index is 2.37. The van der Waals surface area contributed by atoms with Gasteiger partial charge in [0.1, 0.15) is 0 Å². The van der Waals surface area contributed by atoms with Crippen molar-refractivity contribution in [3.05, 3.63) is 0 Å². The molecule has 0 bridgehead atoms. The average Bonchev–Trinajstić information content (AvgIpc) is 2.37. The number of piperazine rings is 1. The van der Waals surface area contributed by atoms with E-state index in [2.05, 4.69) is 12.2 Å². The highest BCUT2D eigenvalue weighted by molar-refractivity contribution is 5.68. The van der Waals surface area contributed by atoms with E-state index < -0.39 is 0 Å². The van der Waals surface area contributed by atoms with Crippen molar-refractivity contribution in [2.24, 2.45) is 0 Å². The van der Waals surface area contributed by atoms with E-state index in [1.807, 2.05) is 4.90 Å². The maximum absolute atomic E-state index is 11.9. The number of carbonyl (C=O) groups is 1. The van der Waals surface area contributed by atoms with Gasteiger partial charge in [-0.2, -0.15) is 0 Å². The van der Waals surface area contributed by atoms with Gasteiger partial charge in [-0.1, -0.05) is 13.3 Å². The second-order valence-corrected chi connectivity index (χ2v) is 4.30. The largest absolute Gasteiger partial charge is 0.449 e. The fourth-order valence-corrected chi connectivity index (χ4v) is 1.90. The lowest BCUT2D eigenvalue weighted by Gasteiger charge is -2.35. The van der Waals surface area contributed by atoms with E-state index in [0.29, 0.717) is 13.2 Å². The van der Waals surface area contributed by atoms with Crippen LogP contribution in [0.4, 0.5) is 4.79 Å². The van der Waals surface area contributed by atoms with Crippen molar-refractivity contribution in [2.75, 3.05) is 40.0 Å². The Labute approximate surface area is 103 Å². The normalized spacial score (nSPS) is 20.4. The summed E-state index contributed by atoms with van der Waals surface area (Å²) in [5.74, 6) is 0. The molecule has 1 rings (SSSR count). The minimum atomic E-state index is -0.180. The van der Waals surface area contributed by atoms with E-state index in [1.54, 1.807) is 7.11 Å². The van der Waals surface area contributed by atoms with Gasteiger partial charge < -0.3 is 19.7 Å². The number of ether oxygens (including phenoxy) is 2. The summed E-state index contributed by atoms with van der Waals surface area (Å²) in [6.07, 6.45) is 2.65. The molecule has 1 fully saturated rings. The molecule has 5 nitrogen and oxygen atoms in total. The van der Waals surface area contributed by atoms with E-state index >= 15 is 0 Å². The molecule has 1 heterocycles. The predicted octanol–water partition coefficient (Wildman–Crippen LogP) is 1.23. The Bertz CT molecular complexity index is 224. The number of amides is 1. The third-order valence-electron chi connectivity index (χ3n) is 2.96. The molecule has 0 unspecified atom stereocenters. The van der Waals surface area contributed by atoms with Crippen LogP contribution in [0.25, 0.3) is 0 Å². The van der Waals surface area contributed by atoms with Gasteiger partial charge in [-0.15, -0.1) is 0 Å². The van der Waals surface area contributed by atoms with Crippen molar-refractivity contribution in [2.45, 2.75) is 32.2 Å². The molecule has 1 aliphatic rings. The summed E-state index contributed by atoms with van der Waals surface area (Å²) in [6.45, 7) is 5.67. The van der Waals surface area contributed by atoms with Crippen LogP contribution in [0.2, 0.25) is 0 Å². The fourth-order valence-electron chi connectivity index (χ4n) is 1.90. The minimum Gasteiger partial charge on any atom is -0.449 e. The van der Waals surface area contributed by atoms with Crippen LogP contribution in [0.5, 0.6) is 0 Å². The fraction of sp³-hybridized carbons (Fsp3) is 0.917. The van der Waals surface area contributed by atoms with Gasteiger partial charge in [0.15, 0.2) is 0 Å². The third kappa shape index (κ3) is 4.91. The Hall–Kier alpha value is -0.810. The molecule has 100 valence electrons. The number of rotatable bonds is 6. The van der Waals surface area contributed by atoms with Crippen LogP contribution in [0.15, 0.2) is 0 Å². The summed E-state index contributed by atoms with van der Waals surface area (Å²) < 4.78 is 10.3. The second kappa shape index (κ2) is 8.31. The molecule has 1 atom stereocenters. The smallest absolute Gasteiger partial charge is 0.410 e. The molecular formula is C12H24N2O3. The van der Waals surface area contributed by atoms with Gasteiger partial charge in [-0.25, -0.2) is 4.79 Å². The van der Waals surface area contributed by atoms with Crippen LogP contribution in [0.1, 0.15) is 26.2 Å². The van der Waals surface area contributed by atoms with Crippen LogP contribution in [0, 0.1) is 0 Å². The molecule has 1 amide bonds. The molecule has 0 spiro atoms. The number of hydrogen-bond acceptors (Lipinski definition) is 4. The summed E-state index contributed by atoms with van der Waals surface area (Å²) in [6, 6.07) is 0.192. The van der Waals surface area contributed by atoms with E-state index in [9.17, 15) is 4.79 Å². The third-order valence-corrected chi connectivity index (χ3v) is 2.96. The molecule has 1 aliphatic heterocycles. The van der Waals surface area contributed by atoms with Crippen molar-refractivity contribution >= 4 is 6.09 Å². The van der Waals surface area contributed by atoms with Gasteiger partial charge in [0.25, 0.3) is 0 Å². The topological polar surface area (TPSA) is 50.8 Å². The molecule has 1 N–H and O–H groups in total. The minimum absolute atomic E-state index is 0.180. The molecule has 17 heavy (non-hydrogen) atoms. The first-order valence-electron chi connectivity index (χ1n) is 6.42. The monoisotopic (exact) mass is 244 g/mol. The first kappa shape index (κ1) is 14.3. The van der Waals surface area contributed by atoms with Crippen LogP contribution < -0.4 is 5.32 Å². The quantitative estimate of drug-likeness (QED) is 0.714. The molecule has 0 aliphatic carbocycles. The zero-order valence-electron chi connectivity index (χ0n) is 10.9. The highest BCUT2D eigenvalue weighted by atomic mass is 16.6. The number of carbonyl (C=O) groups excluding carboxylic acids is 1. The zero-order valence-corrected chi connectivity index (χ0v) is 10.9. The number of nitrogens with zero attached hydrogens (tertiary/aromatic N) is 1. The highest BCUT2D eigenvalue weighted by Gasteiger charge is 2.27. The number of nitrogens with one attached hydrogen (secondary N) is 1. The molecule has 5 heteroatoms. The second-order valence-electron chi connectivity index (χ2n) is 4.30. The summed E-state index contributed by atoms with van der Waals surface area (Å²) in [5, 5.41) is 3.29. The van der Waals surface area contributed by atoms with Crippen LogP contribution >= 0.6 is 0 Å². The van der Waals surface area contributed by atoms with Crippen LogP contribution in [-0.4, -0.2) is 57.0 Å². The number of unbranched alkanes of at least 4 members (excludes halogenated alkanes) is 1. The summed E-state index contributed by atoms with van der Waals surface area (Å²) in [4.78, 5) is 13.7. The lowest BCUT2D eigenvalue weighted by Crippen LogP contribution is -2.54. The first-order chi connectivity index (χ1) is 8.29. The standard InChI is InChI=1S/C12H24N2O3/c1-3-4-8-17-12(15)14-7-6-13-10-11(14)5-9-16-2/h11,13H,3-10H2,1-2H3/t11-/m0/s1.